The van der Waals surface area contributed by atoms with Gasteiger partial charge >= 0.3 is 0 Å². The largest absolute Gasteiger partial charge is 0.493 e. The number of thiophene rings is 1. The summed E-state index contributed by atoms with van der Waals surface area (Å²) in [5.74, 6) is 0.911. The van der Waals surface area contributed by atoms with Crippen LogP contribution in [0.5, 0.6) is 5.88 Å². The zero-order chi connectivity index (χ0) is 23.6. The third kappa shape index (κ3) is 4.61. The maximum atomic E-state index is 11.2. The topological polar surface area (TPSA) is 50.4 Å². The van der Waals surface area contributed by atoms with E-state index in [1.54, 1.807) is 0 Å². The van der Waals surface area contributed by atoms with Gasteiger partial charge in [-0.25, -0.2) is 9.97 Å². The van der Waals surface area contributed by atoms with Crippen LogP contribution < -0.4 is 0 Å². The molecule has 2 aromatic carbocycles. The average molecular weight is 480 g/mol. The molecule has 1 fully saturated rings. The van der Waals surface area contributed by atoms with Crippen molar-refractivity contribution in [2.75, 3.05) is 0 Å². The molecule has 0 aliphatic heterocycles. The van der Waals surface area contributed by atoms with Gasteiger partial charge in [-0.3, -0.25) is 4.40 Å². The number of aromatic hydroxyl groups is 1. The summed E-state index contributed by atoms with van der Waals surface area (Å²) >= 11 is 1.88. The summed E-state index contributed by atoms with van der Waals surface area (Å²) in [5.41, 5.74) is 5.33. The summed E-state index contributed by atoms with van der Waals surface area (Å²) in [6.07, 6.45) is 9.86. The normalized spacial score (nSPS) is 14.5. The van der Waals surface area contributed by atoms with Gasteiger partial charge in [0.2, 0.25) is 5.88 Å². The zero-order valence-corrected chi connectivity index (χ0v) is 20.5. The number of fused-ring (bicyclic) bond motifs is 1. The lowest BCUT2D eigenvalue weighted by Crippen LogP contribution is -2.02. The van der Waals surface area contributed by atoms with Gasteiger partial charge in [0.25, 0.3) is 0 Å². The van der Waals surface area contributed by atoms with Crippen LogP contribution in [0.15, 0.2) is 79.0 Å². The van der Waals surface area contributed by atoms with Crippen LogP contribution in [-0.2, 0) is 12.8 Å². The molecule has 4 nitrogen and oxygen atoms in total. The van der Waals surface area contributed by atoms with E-state index in [0.29, 0.717) is 24.5 Å². The van der Waals surface area contributed by atoms with Gasteiger partial charge in [0, 0.05) is 34.4 Å². The van der Waals surface area contributed by atoms with Gasteiger partial charge in [-0.05, 0) is 36.5 Å². The number of rotatable bonds is 6. The van der Waals surface area contributed by atoms with Crippen molar-refractivity contribution in [3.63, 3.8) is 0 Å². The number of hydrogen-bond acceptors (Lipinski definition) is 4. The van der Waals surface area contributed by atoms with Crippen LogP contribution in [0.2, 0.25) is 0 Å². The molecule has 0 radical (unpaired) electrons. The minimum atomic E-state index is 0.210. The first-order valence-electron chi connectivity index (χ1n) is 12.5. The minimum Gasteiger partial charge on any atom is -0.493 e. The molecule has 176 valence electrons. The Morgan fingerprint density at radius 3 is 2.31 bits per heavy atom. The van der Waals surface area contributed by atoms with E-state index in [0.717, 1.165) is 22.6 Å². The Morgan fingerprint density at radius 2 is 1.54 bits per heavy atom. The summed E-state index contributed by atoms with van der Waals surface area (Å²) in [6.45, 7) is 0. The second-order valence-corrected chi connectivity index (χ2v) is 10.7. The molecule has 0 saturated heterocycles. The molecule has 3 heterocycles. The minimum absolute atomic E-state index is 0.210. The van der Waals surface area contributed by atoms with Crippen LogP contribution in [0.3, 0.4) is 0 Å². The van der Waals surface area contributed by atoms with E-state index in [9.17, 15) is 5.11 Å². The Morgan fingerprint density at radius 1 is 0.800 bits per heavy atom. The van der Waals surface area contributed by atoms with E-state index in [1.807, 2.05) is 70.5 Å². The third-order valence-electron chi connectivity index (χ3n) is 7.04. The summed E-state index contributed by atoms with van der Waals surface area (Å²) in [4.78, 5) is 12.7. The van der Waals surface area contributed by atoms with Crippen LogP contribution in [0.1, 0.15) is 64.7 Å². The molecule has 3 aromatic heterocycles. The van der Waals surface area contributed by atoms with E-state index >= 15 is 0 Å². The fourth-order valence-electron chi connectivity index (χ4n) is 5.18. The lowest BCUT2D eigenvalue weighted by molar-refractivity contribution is 0.442. The molecule has 0 amide bonds. The number of benzene rings is 2. The van der Waals surface area contributed by atoms with Gasteiger partial charge in [-0.2, -0.15) is 0 Å². The van der Waals surface area contributed by atoms with E-state index in [1.165, 1.54) is 47.4 Å². The highest BCUT2D eigenvalue weighted by molar-refractivity contribution is 7.12. The van der Waals surface area contributed by atoms with Crippen LogP contribution in [0.25, 0.3) is 16.9 Å². The Bertz CT molecular complexity index is 1430. The van der Waals surface area contributed by atoms with Crippen molar-refractivity contribution in [2.24, 2.45) is 0 Å². The van der Waals surface area contributed by atoms with Gasteiger partial charge < -0.3 is 5.11 Å². The summed E-state index contributed by atoms with van der Waals surface area (Å²) in [5, 5.41) is 11.2. The van der Waals surface area contributed by atoms with E-state index in [-0.39, 0.29) is 5.88 Å². The molecule has 6 rings (SSSR count). The Kier molecular flexibility index (Phi) is 6.09. The standard InChI is InChI=1S/C30H29N3OS/c34-30-26(19-24-16-17-28(35-24)23-14-8-3-9-15-23)32-29-25(18-21-10-4-1-5-11-21)31-27(20-33(29)30)22-12-6-2-7-13-22/h1-2,4-7,10-13,16-17,20,23,34H,3,8-9,14-15,18-19H2. The van der Waals surface area contributed by atoms with E-state index in [2.05, 4.69) is 24.3 Å². The van der Waals surface area contributed by atoms with Gasteiger partial charge in [0.05, 0.1) is 11.4 Å². The fourth-order valence-corrected chi connectivity index (χ4v) is 6.37. The predicted molar refractivity (Wildman–Crippen MR) is 142 cm³/mol. The summed E-state index contributed by atoms with van der Waals surface area (Å²) in [7, 11) is 0. The number of imidazole rings is 1. The highest BCUT2D eigenvalue weighted by atomic mass is 32.1. The van der Waals surface area contributed by atoms with Gasteiger partial charge in [0.15, 0.2) is 5.65 Å². The summed E-state index contributed by atoms with van der Waals surface area (Å²) < 4.78 is 1.82. The van der Waals surface area contributed by atoms with Crippen molar-refractivity contribution in [1.29, 1.82) is 0 Å². The fraction of sp³-hybridized carbons (Fsp3) is 0.267. The van der Waals surface area contributed by atoms with Crippen molar-refractivity contribution in [2.45, 2.75) is 50.9 Å². The monoisotopic (exact) mass is 479 g/mol. The lowest BCUT2D eigenvalue weighted by atomic mass is 9.88. The molecule has 5 aromatic rings. The molecule has 0 atom stereocenters. The second kappa shape index (κ2) is 9.67. The Labute approximate surface area is 210 Å². The number of hydrogen-bond donors (Lipinski definition) is 1. The molecule has 5 heteroatoms. The predicted octanol–water partition coefficient (Wildman–Crippen LogP) is 7.39. The molecular weight excluding hydrogens is 450 g/mol. The molecule has 1 aliphatic rings. The first-order valence-corrected chi connectivity index (χ1v) is 13.3. The SMILES string of the molecule is Oc1c(Cc2ccc(C3CCCCC3)s2)nc2c(Cc3ccccc3)nc(-c3ccccc3)cn12. The van der Waals surface area contributed by atoms with Gasteiger partial charge in [-0.1, -0.05) is 79.9 Å². The first kappa shape index (κ1) is 22.1. The summed E-state index contributed by atoms with van der Waals surface area (Å²) in [6, 6.07) is 25.0. The molecule has 0 unspecified atom stereocenters. The van der Waals surface area contributed by atoms with Crippen LogP contribution in [0, 0.1) is 0 Å². The van der Waals surface area contributed by atoms with Crippen LogP contribution in [-0.4, -0.2) is 19.5 Å². The van der Waals surface area contributed by atoms with Crippen molar-refractivity contribution < 1.29 is 5.11 Å². The Hall–Kier alpha value is -3.44. The lowest BCUT2D eigenvalue weighted by Gasteiger charge is -2.19. The second-order valence-electron chi connectivity index (χ2n) is 9.49. The molecule has 0 spiro atoms. The highest BCUT2D eigenvalue weighted by Crippen LogP contribution is 2.37. The van der Waals surface area contributed by atoms with Crippen molar-refractivity contribution >= 4 is 17.0 Å². The Balaban J connectivity index is 1.38. The van der Waals surface area contributed by atoms with E-state index in [4.69, 9.17) is 9.97 Å². The zero-order valence-electron chi connectivity index (χ0n) is 19.7. The quantitative estimate of drug-likeness (QED) is 0.276. The first-order chi connectivity index (χ1) is 17.2. The maximum absolute atomic E-state index is 11.2. The highest BCUT2D eigenvalue weighted by Gasteiger charge is 2.20. The van der Waals surface area contributed by atoms with Crippen molar-refractivity contribution in [3.05, 3.63) is 106 Å². The molecule has 35 heavy (non-hydrogen) atoms. The van der Waals surface area contributed by atoms with E-state index < -0.39 is 0 Å². The van der Waals surface area contributed by atoms with Gasteiger partial charge in [-0.15, -0.1) is 11.3 Å². The maximum Gasteiger partial charge on any atom is 0.219 e. The smallest absolute Gasteiger partial charge is 0.219 e. The van der Waals surface area contributed by atoms with Crippen molar-refractivity contribution in [1.82, 2.24) is 14.4 Å². The number of aromatic nitrogens is 3. The average Bonchev–Trinajstić information content (AvgIpc) is 3.51. The third-order valence-corrected chi connectivity index (χ3v) is 8.28. The molecular formula is C30H29N3OS. The van der Waals surface area contributed by atoms with Crippen LogP contribution >= 0.6 is 11.3 Å². The molecule has 1 aliphatic carbocycles. The van der Waals surface area contributed by atoms with Crippen LogP contribution in [0.4, 0.5) is 0 Å². The van der Waals surface area contributed by atoms with Gasteiger partial charge in [0.1, 0.15) is 5.69 Å². The molecule has 0 bridgehead atoms. The molecule has 1 N–H and O–H groups in total. The molecule has 1 saturated carbocycles. The van der Waals surface area contributed by atoms with Crippen molar-refractivity contribution in [3.8, 4) is 17.1 Å². The number of nitrogens with zero attached hydrogens (tertiary/aromatic N) is 3.